The van der Waals surface area contributed by atoms with Crippen LogP contribution in [0.2, 0.25) is 5.02 Å². The second kappa shape index (κ2) is 5.93. The maximum atomic E-state index is 11.9. The van der Waals surface area contributed by atoms with Crippen LogP contribution in [-0.2, 0) is 13.5 Å². The first-order valence-electron chi connectivity index (χ1n) is 6.17. The minimum atomic E-state index is -0.0988. The van der Waals surface area contributed by atoms with Crippen LogP contribution in [0.3, 0.4) is 0 Å². The number of hydrogen-bond acceptors (Lipinski definition) is 2. The molecule has 2 aromatic heterocycles. The van der Waals surface area contributed by atoms with E-state index in [0.717, 1.165) is 18.5 Å². The molecule has 2 N–H and O–H groups in total. The smallest absolute Gasteiger partial charge is 0.267 e. The van der Waals surface area contributed by atoms with E-state index in [1.54, 1.807) is 23.9 Å². The number of nitrogens with one attached hydrogen (secondary N) is 2. The molecule has 0 unspecified atom stereocenters. The number of aromatic nitrogens is 3. The Hall–Kier alpha value is -1.75. The van der Waals surface area contributed by atoms with Crippen molar-refractivity contribution in [3.05, 3.63) is 40.4 Å². The van der Waals surface area contributed by atoms with Gasteiger partial charge in [-0.25, -0.2) is 0 Å². The molecule has 5 nitrogen and oxygen atoms in total. The minimum absolute atomic E-state index is 0.0988. The maximum Gasteiger partial charge on any atom is 0.267 e. The van der Waals surface area contributed by atoms with Gasteiger partial charge in [0.15, 0.2) is 0 Å². The van der Waals surface area contributed by atoms with Crippen molar-refractivity contribution in [3.8, 4) is 0 Å². The van der Waals surface area contributed by atoms with Gasteiger partial charge in [0.2, 0.25) is 0 Å². The molecule has 19 heavy (non-hydrogen) atoms. The molecule has 0 radical (unpaired) electrons. The molecule has 2 rings (SSSR count). The third kappa shape index (κ3) is 3.38. The highest BCUT2D eigenvalue weighted by Crippen LogP contribution is 2.12. The average molecular weight is 281 g/mol. The number of H-pyrrole nitrogens is 1. The third-order valence-electron chi connectivity index (χ3n) is 3.05. The van der Waals surface area contributed by atoms with Gasteiger partial charge in [-0.3, -0.25) is 9.89 Å². The summed E-state index contributed by atoms with van der Waals surface area (Å²) < 4.78 is 1.72. The highest BCUT2D eigenvalue weighted by molar-refractivity contribution is 6.31. The largest absolute Gasteiger partial charge is 0.351 e. The third-order valence-corrected chi connectivity index (χ3v) is 3.25. The predicted molar refractivity (Wildman–Crippen MR) is 74.4 cm³/mol. The van der Waals surface area contributed by atoms with E-state index >= 15 is 0 Å². The number of aryl methyl sites for hydroxylation is 3. The summed E-state index contributed by atoms with van der Waals surface area (Å²) in [5, 5.41) is 10.3. The molecule has 0 aliphatic rings. The van der Waals surface area contributed by atoms with Gasteiger partial charge < -0.3 is 9.88 Å². The zero-order chi connectivity index (χ0) is 13.8. The molecule has 2 aromatic rings. The Labute approximate surface area is 117 Å². The Kier molecular flexibility index (Phi) is 4.27. The van der Waals surface area contributed by atoms with E-state index in [1.807, 2.05) is 13.1 Å². The van der Waals surface area contributed by atoms with Crippen LogP contribution in [0.1, 0.15) is 28.2 Å². The first-order valence-corrected chi connectivity index (χ1v) is 6.54. The lowest BCUT2D eigenvalue weighted by molar-refractivity contribution is 0.0945. The van der Waals surface area contributed by atoms with Crippen molar-refractivity contribution in [2.45, 2.75) is 19.8 Å². The number of aromatic amines is 1. The highest BCUT2D eigenvalue weighted by atomic mass is 35.5. The average Bonchev–Trinajstić information content (AvgIpc) is 2.91. The molecule has 0 spiro atoms. The summed E-state index contributed by atoms with van der Waals surface area (Å²) in [5.74, 6) is -0.0988. The van der Waals surface area contributed by atoms with Gasteiger partial charge in [0.05, 0.1) is 11.2 Å². The second-order valence-corrected chi connectivity index (χ2v) is 4.97. The van der Waals surface area contributed by atoms with E-state index in [9.17, 15) is 4.79 Å². The van der Waals surface area contributed by atoms with Crippen molar-refractivity contribution in [1.29, 1.82) is 0 Å². The first kappa shape index (κ1) is 13.7. The molecule has 0 atom stereocenters. The lowest BCUT2D eigenvalue weighted by Gasteiger charge is -2.05. The quantitative estimate of drug-likeness (QED) is 0.824. The molecule has 2 heterocycles. The number of nitrogens with zero attached hydrogens (tertiary/aromatic N) is 2. The zero-order valence-electron chi connectivity index (χ0n) is 11.0. The lowest BCUT2D eigenvalue weighted by atomic mass is 10.1. The molecular formula is C13H17ClN4O. The van der Waals surface area contributed by atoms with Crippen LogP contribution in [0.15, 0.2) is 18.5 Å². The molecule has 0 saturated carbocycles. The van der Waals surface area contributed by atoms with Gasteiger partial charge in [0.25, 0.3) is 5.91 Å². The van der Waals surface area contributed by atoms with Crippen LogP contribution in [-0.4, -0.2) is 27.2 Å². The van der Waals surface area contributed by atoms with Gasteiger partial charge in [-0.05, 0) is 31.4 Å². The number of amides is 1. The van der Waals surface area contributed by atoms with Gasteiger partial charge in [-0.2, -0.15) is 5.10 Å². The van der Waals surface area contributed by atoms with Gasteiger partial charge in [0.1, 0.15) is 5.69 Å². The van der Waals surface area contributed by atoms with Crippen molar-refractivity contribution < 1.29 is 4.79 Å². The number of halogens is 1. The van der Waals surface area contributed by atoms with Crippen LogP contribution >= 0.6 is 11.6 Å². The summed E-state index contributed by atoms with van der Waals surface area (Å²) in [7, 11) is 1.80. The standard InChI is InChI=1S/C13H17ClN4O/c1-9-10(7-16-17-9)4-3-5-15-13(19)12-6-11(14)8-18(12)2/h6-8H,3-5H2,1-2H3,(H,15,19)(H,16,17). The van der Waals surface area contributed by atoms with Crippen LogP contribution in [0.4, 0.5) is 0 Å². The van der Waals surface area contributed by atoms with Crippen LogP contribution in [0.25, 0.3) is 0 Å². The van der Waals surface area contributed by atoms with E-state index in [1.165, 1.54) is 5.56 Å². The molecule has 6 heteroatoms. The number of rotatable bonds is 5. The summed E-state index contributed by atoms with van der Waals surface area (Å²) >= 11 is 5.84. The first-order chi connectivity index (χ1) is 9.08. The lowest BCUT2D eigenvalue weighted by Crippen LogP contribution is -2.26. The zero-order valence-corrected chi connectivity index (χ0v) is 11.8. The number of hydrogen-bond donors (Lipinski definition) is 2. The summed E-state index contributed by atoms with van der Waals surface area (Å²) in [4.78, 5) is 11.9. The Morgan fingerprint density at radius 3 is 2.95 bits per heavy atom. The predicted octanol–water partition coefficient (Wildman–Crippen LogP) is 2.07. The fraction of sp³-hybridized carbons (Fsp3) is 0.385. The monoisotopic (exact) mass is 280 g/mol. The molecular weight excluding hydrogens is 264 g/mol. The van der Waals surface area contributed by atoms with Crippen molar-refractivity contribution in [1.82, 2.24) is 20.1 Å². The fourth-order valence-electron chi connectivity index (χ4n) is 1.95. The molecule has 1 amide bonds. The SMILES string of the molecule is Cc1[nH]ncc1CCCNC(=O)c1cc(Cl)cn1C. The van der Waals surface area contributed by atoms with Crippen LogP contribution in [0, 0.1) is 6.92 Å². The molecule has 0 fully saturated rings. The van der Waals surface area contributed by atoms with E-state index in [0.29, 0.717) is 17.3 Å². The highest BCUT2D eigenvalue weighted by Gasteiger charge is 2.10. The Bertz CT molecular complexity index is 573. The second-order valence-electron chi connectivity index (χ2n) is 4.53. The maximum absolute atomic E-state index is 11.9. The van der Waals surface area contributed by atoms with E-state index in [4.69, 9.17) is 11.6 Å². The molecule has 0 bridgehead atoms. The van der Waals surface area contributed by atoms with E-state index in [2.05, 4.69) is 15.5 Å². The van der Waals surface area contributed by atoms with Crippen molar-refractivity contribution in [2.24, 2.45) is 7.05 Å². The summed E-state index contributed by atoms with van der Waals surface area (Å²) in [6, 6.07) is 1.66. The summed E-state index contributed by atoms with van der Waals surface area (Å²) in [6.45, 7) is 2.62. The van der Waals surface area contributed by atoms with Crippen molar-refractivity contribution in [3.63, 3.8) is 0 Å². The van der Waals surface area contributed by atoms with E-state index in [-0.39, 0.29) is 5.91 Å². The van der Waals surface area contributed by atoms with Gasteiger partial charge in [-0.15, -0.1) is 0 Å². The number of carbonyl (C=O) groups is 1. The Balaban J connectivity index is 1.78. The molecule has 0 aliphatic carbocycles. The summed E-state index contributed by atoms with van der Waals surface area (Å²) in [6.07, 6.45) is 5.32. The molecule has 0 aliphatic heterocycles. The van der Waals surface area contributed by atoms with E-state index < -0.39 is 0 Å². The van der Waals surface area contributed by atoms with Gasteiger partial charge in [0, 0.05) is 25.5 Å². The minimum Gasteiger partial charge on any atom is -0.351 e. The molecule has 0 saturated heterocycles. The fourth-order valence-corrected chi connectivity index (χ4v) is 2.20. The van der Waals surface area contributed by atoms with Gasteiger partial charge >= 0.3 is 0 Å². The van der Waals surface area contributed by atoms with Crippen molar-refractivity contribution >= 4 is 17.5 Å². The van der Waals surface area contributed by atoms with Gasteiger partial charge in [-0.1, -0.05) is 11.6 Å². The molecule has 0 aromatic carbocycles. The van der Waals surface area contributed by atoms with Crippen molar-refractivity contribution in [2.75, 3.05) is 6.54 Å². The summed E-state index contributed by atoms with van der Waals surface area (Å²) in [5.41, 5.74) is 2.85. The van der Waals surface area contributed by atoms with Crippen LogP contribution < -0.4 is 5.32 Å². The normalized spacial score (nSPS) is 10.7. The molecule has 102 valence electrons. The number of carbonyl (C=O) groups excluding carboxylic acids is 1. The topological polar surface area (TPSA) is 62.7 Å². The van der Waals surface area contributed by atoms with Crippen LogP contribution in [0.5, 0.6) is 0 Å². The Morgan fingerprint density at radius 1 is 1.58 bits per heavy atom. The Morgan fingerprint density at radius 2 is 2.37 bits per heavy atom.